The highest BCUT2D eigenvalue weighted by atomic mass is 16.5. The van der Waals surface area contributed by atoms with Gasteiger partial charge in [0.1, 0.15) is 17.2 Å². The van der Waals surface area contributed by atoms with Crippen molar-refractivity contribution < 1.29 is 19.8 Å². The summed E-state index contributed by atoms with van der Waals surface area (Å²) in [7, 11) is 1.20. The number of aryl methyl sites for hydroxylation is 1. The van der Waals surface area contributed by atoms with Crippen LogP contribution in [-0.2, 0) is 22.0 Å². The summed E-state index contributed by atoms with van der Waals surface area (Å²) in [6, 6.07) is 3.11. The average molecular weight is 524 g/mol. The van der Waals surface area contributed by atoms with Crippen molar-refractivity contribution in [1.82, 2.24) is 34.2 Å². The lowest BCUT2D eigenvalue weighted by Gasteiger charge is -2.38. The summed E-state index contributed by atoms with van der Waals surface area (Å²) in [6.45, 7) is -2.78. The first-order chi connectivity index (χ1) is 19.8. The zero-order chi connectivity index (χ0) is 30.0. The molecule has 4 N–H and O–H groups in total. The van der Waals surface area contributed by atoms with Gasteiger partial charge in [0.15, 0.2) is 5.65 Å². The van der Waals surface area contributed by atoms with Crippen LogP contribution in [0, 0.1) is 0 Å². The molecule has 6 rings (SSSR count). The minimum absolute atomic E-state index is 0.0665. The molecular formula is C25H29N9O4. The van der Waals surface area contributed by atoms with Gasteiger partial charge in [-0.05, 0) is 50.7 Å². The second kappa shape index (κ2) is 8.85. The molecule has 0 saturated heterocycles. The molecule has 2 atom stereocenters. The summed E-state index contributed by atoms with van der Waals surface area (Å²) in [5.41, 5.74) is 4.91. The quantitative estimate of drug-likeness (QED) is 0.345. The second-order valence-electron chi connectivity index (χ2n) is 9.70. The molecule has 0 radical (unpaired) electrons. The third kappa shape index (κ3) is 3.68. The van der Waals surface area contributed by atoms with Gasteiger partial charge in [-0.1, -0.05) is 0 Å². The SMILES string of the molecule is [2H]C1(NC(=O)OC)CC[C@@H](n2c(=O)n(C([2H])([2H])[2H])c3cnc(Nc4ccc5cnn(C6(C(N)=O)CCC6)c5n4)cc32)C1. The highest BCUT2D eigenvalue weighted by Crippen LogP contribution is 2.40. The van der Waals surface area contributed by atoms with E-state index in [1.165, 1.54) is 17.9 Å². The van der Waals surface area contributed by atoms with Gasteiger partial charge in [0.25, 0.3) is 0 Å². The third-order valence-corrected chi connectivity index (χ3v) is 7.57. The molecule has 2 aliphatic rings. The summed E-state index contributed by atoms with van der Waals surface area (Å²) >= 11 is 0. The number of nitrogens with one attached hydrogen (secondary N) is 2. The Hall–Kier alpha value is -4.42. The summed E-state index contributed by atoms with van der Waals surface area (Å²) < 4.78 is 40.8. The van der Waals surface area contributed by atoms with Crippen LogP contribution in [0.5, 0.6) is 0 Å². The number of imidazole rings is 1. The van der Waals surface area contributed by atoms with Gasteiger partial charge < -0.3 is 21.1 Å². The van der Waals surface area contributed by atoms with Gasteiger partial charge in [-0.2, -0.15) is 5.10 Å². The number of primary amides is 1. The predicted molar refractivity (Wildman–Crippen MR) is 139 cm³/mol. The minimum Gasteiger partial charge on any atom is -0.453 e. The van der Waals surface area contributed by atoms with Crippen LogP contribution in [-0.4, -0.2) is 54.0 Å². The van der Waals surface area contributed by atoms with Gasteiger partial charge in [0, 0.05) is 34.6 Å². The van der Waals surface area contributed by atoms with E-state index in [9.17, 15) is 14.4 Å². The molecule has 2 saturated carbocycles. The van der Waals surface area contributed by atoms with Gasteiger partial charge in [-0.15, -0.1) is 0 Å². The third-order valence-electron chi connectivity index (χ3n) is 7.57. The van der Waals surface area contributed by atoms with Gasteiger partial charge in [0.2, 0.25) is 5.91 Å². The highest BCUT2D eigenvalue weighted by molar-refractivity contribution is 5.87. The number of carbonyl (C=O) groups is 2. The van der Waals surface area contributed by atoms with E-state index in [1.54, 1.807) is 29.1 Å². The number of rotatable bonds is 6. The number of carbonyl (C=O) groups excluding carboxylic acids is 2. The Balaban J connectivity index is 1.39. The number of fused-ring (bicyclic) bond motifs is 2. The first-order valence-corrected chi connectivity index (χ1v) is 12.3. The molecule has 0 aromatic carbocycles. The number of nitrogens with two attached hydrogens (primary N) is 1. The average Bonchev–Trinajstić information content (AvgIpc) is 3.55. The number of hydrogen-bond donors (Lipinski definition) is 3. The van der Waals surface area contributed by atoms with Crippen LogP contribution in [0.1, 0.15) is 50.0 Å². The highest BCUT2D eigenvalue weighted by Gasteiger charge is 2.46. The Morgan fingerprint density at radius 3 is 2.79 bits per heavy atom. The van der Waals surface area contributed by atoms with Crippen LogP contribution in [0.4, 0.5) is 16.4 Å². The number of hydrogen-bond acceptors (Lipinski definition) is 8. The molecule has 4 heterocycles. The largest absolute Gasteiger partial charge is 0.453 e. The molecule has 13 nitrogen and oxygen atoms in total. The first kappa shape index (κ1) is 19.7. The van der Waals surface area contributed by atoms with Crippen LogP contribution in [0.15, 0.2) is 35.4 Å². The van der Waals surface area contributed by atoms with Crippen molar-refractivity contribution in [3.63, 3.8) is 0 Å². The smallest absolute Gasteiger partial charge is 0.407 e. The van der Waals surface area contributed by atoms with E-state index >= 15 is 0 Å². The predicted octanol–water partition coefficient (Wildman–Crippen LogP) is 2.04. The number of aromatic nitrogens is 6. The lowest BCUT2D eigenvalue weighted by molar-refractivity contribution is -0.131. The second-order valence-corrected chi connectivity index (χ2v) is 9.70. The zero-order valence-electron chi connectivity index (χ0n) is 24.6. The summed E-state index contributed by atoms with van der Waals surface area (Å²) in [5.74, 6) is 0.202. The molecule has 0 bridgehead atoms. The zero-order valence-corrected chi connectivity index (χ0v) is 20.6. The molecule has 2 fully saturated rings. The molecular weight excluding hydrogens is 490 g/mol. The maximum absolute atomic E-state index is 13.5. The number of ether oxygens (including phenoxy) is 1. The van der Waals surface area contributed by atoms with E-state index in [1.807, 2.05) is 0 Å². The van der Waals surface area contributed by atoms with Crippen LogP contribution in [0.3, 0.4) is 0 Å². The molecule has 0 aliphatic heterocycles. The van der Waals surface area contributed by atoms with Gasteiger partial charge >= 0.3 is 11.8 Å². The van der Waals surface area contributed by atoms with Crippen molar-refractivity contribution in [3.05, 3.63) is 41.1 Å². The standard InChI is InChI=1S/C25H29N9O4/c1-32-18-13-27-20(11-17(18)33(24(32)37)16-6-5-15(10-16)29-23(36)38-2)30-19-7-4-14-12-28-34(21(14)31-19)25(22(26)35)8-3-9-25/h4,7,11-13,15-16H,3,5-6,8-10H2,1-2H3,(H2,26,35)(H,29,36)(H,27,30,31)/t15?,16-/m1/s1/i1D3,15D. The maximum atomic E-state index is 13.5. The van der Waals surface area contributed by atoms with Crippen molar-refractivity contribution >= 4 is 45.7 Å². The number of methoxy groups -OCH3 is 1. The van der Waals surface area contributed by atoms with E-state index in [2.05, 4.69) is 30.4 Å². The molecule has 4 aromatic rings. The molecule has 198 valence electrons. The van der Waals surface area contributed by atoms with Gasteiger partial charge in [0.05, 0.1) is 31.9 Å². The maximum Gasteiger partial charge on any atom is 0.407 e. The monoisotopic (exact) mass is 523 g/mol. The van der Waals surface area contributed by atoms with E-state index in [0.29, 0.717) is 40.8 Å². The minimum atomic E-state index is -2.78. The van der Waals surface area contributed by atoms with E-state index in [-0.39, 0.29) is 24.2 Å². The summed E-state index contributed by atoms with van der Waals surface area (Å²) in [6.07, 6.45) is 4.82. The van der Waals surface area contributed by atoms with Crippen molar-refractivity contribution in [2.45, 2.75) is 56.1 Å². The summed E-state index contributed by atoms with van der Waals surface area (Å²) in [5, 5.41) is 10.7. The Bertz CT molecular complexity index is 1790. The van der Waals surface area contributed by atoms with E-state index < -0.39 is 42.3 Å². The van der Waals surface area contributed by atoms with Crippen LogP contribution >= 0.6 is 0 Å². The normalized spacial score (nSPS) is 24.2. The van der Waals surface area contributed by atoms with Crippen molar-refractivity contribution in [2.75, 3.05) is 12.4 Å². The van der Waals surface area contributed by atoms with Crippen molar-refractivity contribution in [2.24, 2.45) is 12.7 Å². The topological polar surface area (TPSA) is 164 Å². The van der Waals surface area contributed by atoms with Crippen molar-refractivity contribution in [1.29, 1.82) is 0 Å². The molecule has 38 heavy (non-hydrogen) atoms. The van der Waals surface area contributed by atoms with Gasteiger partial charge in [-0.3, -0.25) is 13.9 Å². The number of anilines is 2. The Morgan fingerprint density at radius 2 is 2.08 bits per heavy atom. The summed E-state index contributed by atoms with van der Waals surface area (Å²) in [4.78, 5) is 46.6. The molecule has 0 spiro atoms. The van der Waals surface area contributed by atoms with Crippen LogP contribution in [0.25, 0.3) is 22.1 Å². The fourth-order valence-corrected chi connectivity index (χ4v) is 5.39. The Morgan fingerprint density at radius 1 is 1.24 bits per heavy atom. The number of alkyl carbamates (subject to hydrolysis) is 1. The molecule has 1 unspecified atom stereocenters. The van der Waals surface area contributed by atoms with Gasteiger partial charge in [-0.25, -0.2) is 24.2 Å². The molecule has 13 heteroatoms. The van der Waals surface area contributed by atoms with Crippen molar-refractivity contribution in [3.8, 4) is 0 Å². The number of pyridine rings is 2. The lowest BCUT2D eigenvalue weighted by atomic mass is 9.76. The van der Waals surface area contributed by atoms with Crippen LogP contribution in [0.2, 0.25) is 0 Å². The lowest BCUT2D eigenvalue weighted by Crippen LogP contribution is -2.52. The molecule has 2 aliphatic carbocycles. The molecule has 2 amide bonds. The van der Waals surface area contributed by atoms with E-state index in [0.717, 1.165) is 11.8 Å². The fourth-order valence-electron chi connectivity index (χ4n) is 5.39. The van der Waals surface area contributed by atoms with E-state index in [4.69, 9.17) is 11.2 Å². The fraction of sp³-hybridized carbons (Fsp3) is 0.440. The van der Waals surface area contributed by atoms with Crippen LogP contribution < -0.4 is 22.1 Å². The Labute approximate surface area is 222 Å². The molecule has 4 aromatic heterocycles. The first-order valence-electron chi connectivity index (χ1n) is 14.3. The number of nitrogens with zero attached hydrogens (tertiary/aromatic N) is 6. The Kier molecular flexibility index (Phi) is 4.58. The number of amides is 2.